The van der Waals surface area contributed by atoms with Crippen LogP contribution in [0.2, 0.25) is 10.0 Å². The zero-order chi connectivity index (χ0) is 22.4. The second-order valence-corrected chi connectivity index (χ2v) is 7.85. The van der Waals surface area contributed by atoms with Gasteiger partial charge in [0.15, 0.2) is 11.5 Å². The van der Waals surface area contributed by atoms with Crippen LogP contribution in [0.1, 0.15) is 22.3 Å². The SMILES string of the molecule is COc1cc(/C=C/C(=O)Nc2ccc(C)cc2C)ccc1OCc1c(Cl)cccc1Cl. The van der Waals surface area contributed by atoms with E-state index in [-0.39, 0.29) is 12.5 Å². The van der Waals surface area contributed by atoms with Gasteiger partial charge >= 0.3 is 0 Å². The Kier molecular flexibility index (Phi) is 7.61. The summed E-state index contributed by atoms with van der Waals surface area (Å²) in [6.07, 6.45) is 3.20. The van der Waals surface area contributed by atoms with Crippen LogP contribution < -0.4 is 14.8 Å². The van der Waals surface area contributed by atoms with Crippen molar-refractivity contribution in [3.8, 4) is 11.5 Å². The van der Waals surface area contributed by atoms with E-state index < -0.39 is 0 Å². The van der Waals surface area contributed by atoms with Crippen LogP contribution in [0.15, 0.2) is 60.7 Å². The molecule has 0 aromatic heterocycles. The van der Waals surface area contributed by atoms with Crippen LogP contribution in [0.25, 0.3) is 6.08 Å². The van der Waals surface area contributed by atoms with Crippen LogP contribution in [0.4, 0.5) is 5.69 Å². The first-order valence-corrected chi connectivity index (χ1v) is 10.4. The highest BCUT2D eigenvalue weighted by molar-refractivity contribution is 6.35. The molecule has 1 N–H and O–H groups in total. The van der Waals surface area contributed by atoms with Gasteiger partial charge in [-0.25, -0.2) is 0 Å². The molecule has 3 rings (SSSR count). The normalized spacial score (nSPS) is 10.9. The second kappa shape index (κ2) is 10.4. The molecule has 4 nitrogen and oxygen atoms in total. The molecule has 31 heavy (non-hydrogen) atoms. The fraction of sp³-hybridized carbons (Fsp3) is 0.160. The third-order valence-corrected chi connectivity index (χ3v) is 5.40. The molecule has 0 aliphatic heterocycles. The first kappa shape index (κ1) is 22.7. The minimum Gasteiger partial charge on any atom is -0.493 e. The van der Waals surface area contributed by atoms with Gasteiger partial charge in [-0.05, 0) is 61.4 Å². The van der Waals surface area contributed by atoms with Crippen molar-refractivity contribution >= 4 is 40.9 Å². The van der Waals surface area contributed by atoms with Crippen LogP contribution >= 0.6 is 23.2 Å². The third kappa shape index (κ3) is 6.03. The number of amides is 1. The highest BCUT2D eigenvalue weighted by Gasteiger charge is 2.10. The molecule has 0 spiro atoms. The van der Waals surface area contributed by atoms with Gasteiger partial charge in [0, 0.05) is 27.4 Å². The van der Waals surface area contributed by atoms with Crippen molar-refractivity contribution in [2.24, 2.45) is 0 Å². The molecule has 0 saturated carbocycles. The molecule has 6 heteroatoms. The standard InChI is InChI=1S/C25H23Cl2NO3/c1-16-7-10-22(17(2)13-16)28-25(29)12-9-18-8-11-23(24(14-18)30-3)31-15-19-20(26)5-4-6-21(19)27/h4-14H,15H2,1-3H3,(H,28,29)/b12-9+. The zero-order valence-electron chi connectivity index (χ0n) is 17.5. The van der Waals surface area contributed by atoms with Gasteiger partial charge in [-0.15, -0.1) is 0 Å². The minimum absolute atomic E-state index is 0.209. The van der Waals surface area contributed by atoms with Gasteiger partial charge in [0.1, 0.15) is 6.61 Å². The van der Waals surface area contributed by atoms with E-state index in [2.05, 4.69) is 5.32 Å². The number of hydrogen-bond acceptors (Lipinski definition) is 3. The van der Waals surface area contributed by atoms with E-state index >= 15 is 0 Å². The molecule has 0 radical (unpaired) electrons. The number of ether oxygens (including phenoxy) is 2. The van der Waals surface area contributed by atoms with Crippen LogP contribution in [0, 0.1) is 13.8 Å². The van der Waals surface area contributed by atoms with Crippen molar-refractivity contribution < 1.29 is 14.3 Å². The molecule has 0 heterocycles. The Balaban J connectivity index is 1.68. The minimum atomic E-state index is -0.209. The number of anilines is 1. The Morgan fingerprint density at radius 1 is 1.00 bits per heavy atom. The summed E-state index contributed by atoms with van der Waals surface area (Å²) in [6, 6.07) is 16.6. The zero-order valence-corrected chi connectivity index (χ0v) is 19.1. The molecule has 160 valence electrons. The van der Waals surface area contributed by atoms with Gasteiger partial charge in [0.05, 0.1) is 7.11 Å². The average Bonchev–Trinajstić information content (AvgIpc) is 2.74. The van der Waals surface area contributed by atoms with Gasteiger partial charge in [-0.1, -0.05) is 53.0 Å². The second-order valence-electron chi connectivity index (χ2n) is 7.04. The fourth-order valence-corrected chi connectivity index (χ4v) is 3.53. The van der Waals surface area contributed by atoms with Crippen LogP contribution in [-0.2, 0) is 11.4 Å². The highest BCUT2D eigenvalue weighted by Crippen LogP contribution is 2.31. The van der Waals surface area contributed by atoms with Crippen LogP contribution in [0.3, 0.4) is 0 Å². The lowest BCUT2D eigenvalue weighted by molar-refractivity contribution is -0.111. The molecule has 1 amide bonds. The number of hydrogen-bond donors (Lipinski definition) is 1. The highest BCUT2D eigenvalue weighted by atomic mass is 35.5. The van der Waals surface area contributed by atoms with Gasteiger partial charge in [-0.3, -0.25) is 4.79 Å². The Hall–Kier alpha value is -2.95. The monoisotopic (exact) mass is 455 g/mol. The molecule has 3 aromatic carbocycles. The summed E-state index contributed by atoms with van der Waals surface area (Å²) in [7, 11) is 1.56. The predicted molar refractivity (Wildman–Crippen MR) is 127 cm³/mol. The quantitative estimate of drug-likeness (QED) is 0.396. The molecule has 0 unspecified atom stereocenters. The number of nitrogens with one attached hydrogen (secondary N) is 1. The van der Waals surface area contributed by atoms with Crippen LogP contribution in [-0.4, -0.2) is 13.0 Å². The summed E-state index contributed by atoms with van der Waals surface area (Å²) in [5.74, 6) is 0.884. The first-order valence-electron chi connectivity index (χ1n) is 9.67. The fourth-order valence-electron chi connectivity index (χ4n) is 3.03. The molecule has 3 aromatic rings. The molecule has 0 saturated heterocycles. The Bertz CT molecular complexity index is 1110. The molecular weight excluding hydrogens is 433 g/mol. The number of aryl methyl sites for hydroxylation is 2. The van der Waals surface area contributed by atoms with E-state index in [1.165, 1.54) is 6.08 Å². The lowest BCUT2D eigenvalue weighted by atomic mass is 10.1. The summed E-state index contributed by atoms with van der Waals surface area (Å²) in [5.41, 5.74) is 4.47. The largest absolute Gasteiger partial charge is 0.493 e. The number of methoxy groups -OCH3 is 1. The van der Waals surface area contributed by atoms with E-state index in [0.29, 0.717) is 27.1 Å². The summed E-state index contributed by atoms with van der Waals surface area (Å²) in [5, 5.41) is 3.97. The summed E-state index contributed by atoms with van der Waals surface area (Å²) >= 11 is 12.4. The summed E-state index contributed by atoms with van der Waals surface area (Å²) < 4.78 is 11.3. The predicted octanol–water partition coefficient (Wildman–Crippen LogP) is 6.85. The van der Waals surface area contributed by atoms with E-state index in [1.54, 1.807) is 43.5 Å². The topological polar surface area (TPSA) is 47.6 Å². The van der Waals surface area contributed by atoms with Crippen molar-refractivity contribution in [1.82, 2.24) is 0 Å². The Morgan fingerprint density at radius 3 is 2.42 bits per heavy atom. The summed E-state index contributed by atoms with van der Waals surface area (Å²) in [6.45, 7) is 4.19. The van der Waals surface area contributed by atoms with Crippen molar-refractivity contribution in [2.75, 3.05) is 12.4 Å². The number of carbonyl (C=O) groups excluding carboxylic acids is 1. The number of halogens is 2. The van der Waals surface area contributed by atoms with Crippen molar-refractivity contribution in [3.63, 3.8) is 0 Å². The lowest BCUT2D eigenvalue weighted by Gasteiger charge is -2.13. The van der Waals surface area contributed by atoms with Crippen molar-refractivity contribution in [1.29, 1.82) is 0 Å². The molecule has 0 bridgehead atoms. The van der Waals surface area contributed by atoms with Crippen LogP contribution in [0.5, 0.6) is 11.5 Å². The average molecular weight is 456 g/mol. The van der Waals surface area contributed by atoms with Crippen molar-refractivity contribution in [3.05, 3.63) is 93.0 Å². The maximum absolute atomic E-state index is 12.3. The molecule has 0 fully saturated rings. The molecule has 0 aliphatic carbocycles. The van der Waals surface area contributed by atoms with E-state index in [1.807, 2.05) is 38.1 Å². The number of benzene rings is 3. The van der Waals surface area contributed by atoms with E-state index in [0.717, 1.165) is 22.4 Å². The van der Waals surface area contributed by atoms with Gasteiger partial charge in [-0.2, -0.15) is 0 Å². The first-order chi connectivity index (χ1) is 14.9. The van der Waals surface area contributed by atoms with E-state index in [4.69, 9.17) is 32.7 Å². The maximum Gasteiger partial charge on any atom is 0.248 e. The number of rotatable bonds is 7. The molecule has 0 atom stereocenters. The lowest BCUT2D eigenvalue weighted by Crippen LogP contribution is -2.08. The Morgan fingerprint density at radius 2 is 1.74 bits per heavy atom. The third-order valence-electron chi connectivity index (χ3n) is 4.69. The Labute approximate surface area is 192 Å². The van der Waals surface area contributed by atoms with Gasteiger partial charge in [0.2, 0.25) is 5.91 Å². The smallest absolute Gasteiger partial charge is 0.248 e. The molecule has 0 aliphatic rings. The molecular formula is C25H23Cl2NO3. The summed E-state index contributed by atoms with van der Waals surface area (Å²) in [4.78, 5) is 12.3. The van der Waals surface area contributed by atoms with Crippen molar-refractivity contribution in [2.45, 2.75) is 20.5 Å². The van der Waals surface area contributed by atoms with Gasteiger partial charge in [0.25, 0.3) is 0 Å². The number of carbonyl (C=O) groups is 1. The van der Waals surface area contributed by atoms with Gasteiger partial charge < -0.3 is 14.8 Å². The maximum atomic E-state index is 12.3. The van der Waals surface area contributed by atoms with E-state index in [9.17, 15) is 4.79 Å².